The van der Waals surface area contributed by atoms with Crippen LogP contribution in [0.4, 0.5) is 4.79 Å². The van der Waals surface area contributed by atoms with Gasteiger partial charge < -0.3 is 10.4 Å². The van der Waals surface area contributed by atoms with Crippen LogP contribution in [-0.2, 0) is 0 Å². The Morgan fingerprint density at radius 3 is 2.57 bits per heavy atom. The van der Waals surface area contributed by atoms with Crippen LogP contribution in [0.5, 0.6) is 0 Å². The minimum atomic E-state index is -0.925. The molecule has 4 heteroatoms. The summed E-state index contributed by atoms with van der Waals surface area (Å²) in [6.45, 7) is 0. The van der Waals surface area contributed by atoms with E-state index in [0.29, 0.717) is 12.3 Å². The molecule has 1 saturated carbocycles. The first-order valence-electron chi connectivity index (χ1n) is 5.08. The Labute approximate surface area is 83.9 Å². The molecule has 0 atom stereocenters. The summed E-state index contributed by atoms with van der Waals surface area (Å²) in [6.07, 6.45) is 4.60. The molecule has 0 aromatic rings. The molecule has 1 fully saturated rings. The summed E-state index contributed by atoms with van der Waals surface area (Å²) in [4.78, 5) is 10.4. The van der Waals surface area contributed by atoms with Crippen molar-refractivity contribution < 1.29 is 9.90 Å². The first-order valence-corrected chi connectivity index (χ1v) is 5.08. The Morgan fingerprint density at radius 2 is 2.07 bits per heavy atom. The monoisotopic (exact) mass is 196 g/mol. The topological polar surface area (TPSA) is 73.1 Å². The largest absolute Gasteiger partial charge is 0.465 e. The summed E-state index contributed by atoms with van der Waals surface area (Å²) < 4.78 is 0. The van der Waals surface area contributed by atoms with E-state index in [1.165, 1.54) is 0 Å². The highest BCUT2D eigenvalue weighted by atomic mass is 16.4. The van der Waals surface area contributed by atoms with Crippen molar-refractivity contribution >= 4 is 6.09 Å². The van der Waals surface area contributed by atoms with Gasteiger partial charge in [-0.05, 0) is 38.0 Å². The van der Waals surface area contributed by atoms with Gasteiger partial charge >= 0.3 is 6.09 Å². The van der Waals surface area contributed by atoms with E-state index in [-0.39, 0.29) is 6.04 Å². The summed E-state index contributed by atoms with van der Waals surface area (Å²) >= 11 is 0. The molecule has 14 heavy (non-hydrogen) atoms. The fourth-order valence-corrected chi connectivity index (χ4v) is 2.04. The smallest absolute Gasteiger partial charge is 0.404 e. The number of nitrogens with zero attached hydrogens (tertiary/aromatic N) is 1. The van der Waals surface area contributed by atoms with Gasteiger partial charge in [0.25, 0.3) is 0 Å². The van der Waals surface area contributed by atoms with Crippen molar-refractivity contribution in [1.82, 2.24) is 5.32 Å². The fraction of sp³-hybridized carbons (Fsp3) is 0.800. The highest BCUT2D eigenvalue weighted by molar-refractivity contribution is 5.64. The highest BCUT2D eigenvalue weighted by Gasteiger charge is 2.21. The van der Waals surface area contributed by atoms with Crippen LogP contribution in [0.1, 0.15) is 38.5 Å². The van der Waals surface area contributed by atoms with Crippen LogP contribution < -0.4 is 5.32 Å². The molecular formula is C10H16N2O2. The first-order chi connectivity index (χ1) is 6.72. The molecule has 2 N–H and O–H groups in total. The molecule has 0 aliphatic heterocycles. The van der Waals surface area contributed by atoms with E-state index >= 15 is 0 Å². The number of hydrogen-bond acceptors (Lipinski definition) is 2. The third kappa shape index (κ3) is 3.65. The Hall–Kier alpha value is -1.24. The van der Waals surface area contributed by atoms with Crippen molar-refractivity contribution in [1.29, 1.82) is 5.26 Å². The lowest BCUT2D eigenvalue weighted by molar-refractivity contribution is 0.181. The third-order valence-corrected chi connectivity index (χ3v) is 2.84. The van der Waals surface area contributed by atoms with Gasteiger partial charge in [0.15, 0.2) is 0 Å². The molecule has 1 aliphatic rings. The zero-order valence-electron chi connectivity index (χ0n) is 8.20. The van der Waals surface area contributed by atoms with Gasteiger partial charge in [0.1, 0.15) is 0 Å². The molecule has 0 spiro atoms. The molecule has 0 bridgehead atoms. The van der Waals surface area contributed by atoms with E-state index in [1.807, 2.05) is 0 Å². The van der Waals surface area contributed by atoms with E-state index in [0.717, 1.165) is 32.1 Å². The molecule has 4 nitrogen and oxygen atoms in total. The van der Waals surface area contributed by atoms with E-state index < -0.39 is 6.09 Å². The van der Waals surface area contributed by atoms with Gasteiger partial charge in [0.2, 0.25) is 0 Å². The van der Waals surface area contributed by atoms with Gasteiger partial charge in [-0.25, -0.2) is 4.79 Å². The number of carbonyl (C=O) groups is 1. The van der Waals surface area contributed by atoms with Crippen molar-refractivity contribution in [3.8, 4) is 6.07 Å². The number of nitriles is 1. The van der Waals surface area contributed by atoms with E-state index in [4.69, 9.17) is 10.4 Å². The number of carboxylic acid groups (broad SMARTS) is 1. The van der Waals surface area contributed by atoms with E-state index in [2.05, 4.69) is 11.4 Å². The predicted octanol–water partition coefficient (Wildman–Crippen LogP) is 2.12. The Balaban J connectivity index is 2.18. The van der Waals surface area contributed by atoms with Gasteiger partial charge in [0.05, 0.1) is 6.07 Å². The van der Waals surface area contributed by atoms with Crippen LogP contribution in [0.2, 0.25) is 0 Å². The van der Waals surface area contributed by atoms with Crippen LogP contribution >= 0.6 is 0 Å². The second-order valence-electron chi connectivity index (χ2n) is 3.86. The highest BCUT2D eigenvalue weighted by Crippen LogP contribution is 2.27. The number of nitrogens with one attached hydrogen (secondary N) is 1. The van der Waals surface area contributed by atoms with E-state index in [1.54, 1.807) is 0 Å². The first kappa shape index (κ1) is 10.8. The van der Waals surface area contributed by atoms with Crippen LogP contribution in [0.3, 0.4) is 0 Å². The summed E-state index contributed by atoms with van der Waals surface area (Å²) in [7, 11) is 0. The van der Waals surface area contributed by atoms with Crippen molar-refractivity contribution in [3.63, 3.8) is 0 Å². The van der Waals surface area contributed by atoms with Gasteiger partial charge in [-0.15, -0.1) is 0 Å². The second-order valence-corrected chi connectivity index (χ2v) is 3.86. The summed E-state index contributed by atoms with van der Waals surface area (Å²) in [5.74, 6) is 0.626. The third-order valence-electron chi connectivity index (χ3n) is 2.84. The molecule has 78 valence electrons. The molecule has 0 saturated heterocycles. The molecule has 0 unspecified atom stereocenters. The maximum absolute atomic E-state index is 10.4. The molecule has 0 heterocycles. The van der Waals surface area contributed by atoms with Crippen molar-refractivity contribution in [2.75, 3.05) is 0 Å². The number of rotatable bonds is 3. The Bertz CT molecular complexity index is 227. The van der Waals surface area contributed by atoms with Gasteiger partial charge in [-0.2, -0.15) is 5.26 Å². The van der Waals surface area contributed by atoms with Crippen molar-refractivity contribution in [3.05, 3.63) is 0 Å². The Kier molecular flexibility index (Phi) is 4.24. The normalized spacial score (nSPS) is 26.5. The average Bonchev–Trinajstić information content (AvgIpc) is 2.16. The van der Waals surface area contributed by atoms with Crippen molar-refractivity contribution in [2.24, 2.45) is 5.92 Å². The van der Waals surface area contributed by atoms with Crippen LogP contribution in [0.25, 0.3) is 0 Å². The lowest BCUT2D eigenvalue weighted by atomic mass is 9.83. The zero-order chi connectivity index (χ0) is 10.4. The minimum absolute atomic E-state index is 0.130. The molecular weight excluding hydrogens is 180 g/mol. The number of hydrogen-bond donors (Lipinski definition) is 2. The Morgan fingerprint density at radius 1 is 1.43 bits per heavy atom. The van der Waals surface area contributed by atoms with Crippen LogP contribution in [0.15, 0.2) is 0 Å². The standard InChI is InChI=1S/C10H16N2O2/c11-7-1-2-8-3-5-9(6-4-8)12-10(13)14/h8-9,12H,1-6H2,(H,13,14)/t8-,9-. The lowest BCUT2D eigenvalue weighted by Crippen LogP contribution is -2.36. The van der Waals surface area contributed by atoms with Gasteiger partial charge in [-0.3, -0.25) is 0 Å². The van der Waals surface area contributed by atoms with E-state index in [9.17, 15) is 4.79 Å². The summed E-state index contributed by atoms with van der Waals surface area (Å²) in [5, 5.41) is 19.5. The van der Waals surface area contributed by atoms with Gasteiger partial charge in [0, 0.05) is 12.5 Å². The average molecular weight is 196 g/mol. The minimum Gasteiger partial charge on any atom is -0.465 e. The maximum atomic E-state index is 10.4. The number of amides is 1. The molecule has 1 rings (SSSR count). The van der Waals surface area contributed by atoms with Crippen molar-refractivity contribution in [2.45, 2.75) is 44.6 Å². The van der Waals surface area contributed by atoms with Crippen LogP contribution in [-0.4, -0.2) is 17.2 Å². The molecule has 0 aromatic carbocycles. The molecule has 1 amide bonds. The summed E-state index contributed by atoms with van der Waals surface area (Å²) in [6, 6.07) is 2.28. The van der Waals surface area contributed by atoms with Gasteiger partial charge in [-0.1, -0.05) is 0 Å². The van der Waals surface area contributed by atoms with Crippen LogP contribution in [0, 0.1) is 17.2 Å². The lowest BCUT2D eigenvalue weighted by Gasteiger charge is -2.27. The molecule has 0 aromatic heterocycles. The zero-order valence-corrected chi connectivity index (χ0v) is 8.20. The molecule has 1 aliphatic carbocycles. The maximum Gasteiger partial charge on any atom is 0.404 e. The SMILES string of the molecule is N#CCC[C@H]1CC[C@H](NC(=O)O)CC1. The predicted molar refractivity (Wildman–Crippen MR) is 51.8 cm³/mol. The fourth-order valence-electron chi connectivity index (χ4n) is 2.04. The molecule has 0 radical (unpaired) electrons. The quantitative estimate of drug-likeness (QED) is 0.726. The second kappa shape index (κ2) is 5.48. The summed E-state index contributed by atoms with van der Waals surface area (Å²) in [5.41, 5.74) is 0.